The Bertz CT molecular complexity index is 839. The van der Waals surface area contributed by atoms with Crippen molar-refractivity contribution < 1.29 is 9.18 Å². The fourth-order valence-corrected chi connectivity index (χ4v) is 4.25. The van der Waals surface area contributed by atoms with Crippen molar-refractivity contribution in [2.24, 2.45) is 5.92 Å². The number of benzene rings is 2. The summed E-state index contributed by atoms with van der Waals surface area (Å²) in [4.78, 5) is 14.6. The first-order valence-electron chi connectivity index (χ1n) is 7.59. The Morgan fingerprint density at radius 1 is 1.09 bits per heavy atom. The van der Waals surface area contributed by atoms with Gasteiger partial charge in [-0.05, 0) is 42.2 Å². The second-order valence-electron chi connectivity index (χ2n) is 6.40. The summed E-state index contributed by atoms with van der Waals surface area (Å²) in [6.07, 6.45) is 2.90. The van der Waals surface area contributed by atoms with Gasteiger partial charge in [-0.3, -0.25) is 4.79 Å². The van der Waals surface area contributed by atoms with Gasteiger partial charge in [0, 0.05) is 35.0 Å². The van der Waals surface area contributed by atoms with Crippen molar-refractivity contribution in [2.75, 3.05) is 11.4 Å². The number of nitrogens with zero attached hydrogens (tertiary/aromatic N) is 1. The van der Waals surface area contributed by atoms with Crippen molar-refractivity contribution in [1.82, 2.24) is 0 Å². The summed E-state index contributed by atoms with van der Waals surface area (Å²) in [5.41, 5.74) is 4.08. The minimum absolute atomic E-state index is 0.0128. The Hall–Kier alpha value is -2.42. The largest absolute Gasteiger partial charge is 0.344 e. The molecule has 3 aliphatic rings. The highest BCUT2D eigenvalue weighted by molar-refractivity contribution is 6.09. The Kier molecular flexibility index (Phi) is 2.13. The molecule has 2 atom stereocenters. The van der Waals surface area contributed by atoms with E-state index in [1.165, 1.54) is 17.7 Å². The van der Waals surface area contributed by atoms with E-state index in [-0.39, 0.29) is 17.0 Å². The Morgan fingerprint density at radius 3 is 2.68 bits per heavy atom. The molecule has 1 heterocycles. The molecule has 2 nitrogen and oxygen atoms in total. The lowest BCUT2D eigenvalue weighted by Crippen LogP contribution is -2.28. The standard InChI is InChI=1S/C19H14FNO/c20-13-5-7-14(8-6-13)21-11-12-10-19(12)16-4-2-1-3-15(16)17(22)9-18(19)21/h1-9,12H,10-11H2/t12-,19-/m1/s1. The molecule has 0 bridgehead atoms. The lowest BCUT2D eigenvalue weighted by Gasteiger charge is -2.30. The van der Waals surface area contributed by atoms with E-state index in [2.05, 4.69) is 11.0 Å². The van der Waals surface area contributed by atoms with Crippen LogP contribution in [0.2, 0.25) is 0 Å². The summed E-state index contributed by atoms with van der Waals surface area (Å²) < 4.78 is 13.2. The average molecular weight is 291 g/mol. The van der Waals surface area contributed by atoms with E-state index in [4.69, 9.17) is 0 Å². The highest BCUT2D eigenvalue weighted by atomic mass is 19.1. The molecule has 0 aromatic heterocycles. The molecule has 0 amide bonds. The molecule has 1 saturated carbocycles. The van der Waals surface area contributed by atoms with Crippen LogP contribution in [0.4, 0.5) is 10.1 Å². The summed E-state index contributed by atoms with van der Waals surface area (Å²) in [6, 6.07) is 14.5. The van der Waals surface area contributed by atoms with E-state index in [0.717, 1.165) is 29.9 Å². The fourth-order valence-electron chi connectivity index (χ4n) is 4.25. The predicted molar refractivity (Wildman–Crippen MR) is 82.4 cm³/mol. The molecule has 3 heteroatoms. The van der Waals surface area contributed by atoms with Crippen LogP contribution in [0.5, 0.6) is 0 Å². The van der Waals surface area contributed by atoms with Crippen molar-refractivity contribution in [1.29, 1.82) is 0 Å². The van der Waals surface area contributed by atoms with Gasteiger partial charge in [0.05, 0.1) is 0 Å². The van der Waals surface area contributed by atoms with Crippen molar-refractivity contribution in [3.8, 4) is 0 Å². The summed E-state index contributed by atoms with van der Waals surface area (Å²) in [7, 11) is 0. The number of fused-ring (bicyclic) bond motifs is 1. The van der Waals surface area contributed by atoms with Gasteiger partial charge in [0.15, 0.2) is 5.78 Å². The van der Waals surface area contributed by atoms with Gasteiger partial charge in [-0.1, -0.05) is 24.3 Å². The van der Waals surface area contributed by atoms with Gasteiger partial charge in [-0.2, -0.15) is 0 Å². The van der Waals surface area contributed by atoms with Crippen LogP contribution in [0.3, 0.4) is 0 Å². The summed E-state index contributed by atoms with van der Waals surface area (Å²) >= 11 is 0. The van der Waals surface area contributed by atoms with Crippen molar-refractivity contribution >= 4 is 11.5 Å². The Balaban J connectivity index is 1.66. The SMILES string of the molecule is O=C1C=C2N(c3ccc(F)cc3)C[C@H]3C[C@@]23c2ccccc21. The lowest BCUT2D eigenvalue weighted by atomic mass is 9.81. The van der Waals surface area contributed by atoms with Crippen LogP contribution in [0, 0.1) is 11.7 Å². The number of hydrogen-bond acceptors (Lipinski definition) is 2. The minimum Gasteiger partial charge on any atom is -0.344 e. The first-order chi connectivity index (χ1) is 10.7. The van der Waals surface area contributed by atoms with Crippen LogP contribution < -0.4 is 4.90 Å². The van der Waals surface area contributed by atoms with Crippen molar-refractivity contribution in [3.63, 3.8) is 0 Å². The van der Waals surface area contributed by atoms with Crippen LogP contribution >= 0.6 is 0 Å². The molecule has 0 unspecified atom stereocenters. The molecule has 1 spiro atoms. The highest BCUT2D eigenvalue weighted by Gasteiger charge is 2.66. The molecule has 0 N–H and O–H groups in total. The molecule has 0 radical (unpaired) electrons. The summed E-state index contributed by atoms with van der Waals surface area (Å²) in [5.74, 6) is 0.399. The van der Waals surface area contributed by atoms with E-state index >= 15 is 0 Å². The van der Waals surface area contributed by atoms with E-state index in [0.29, 0.717) is 5.92 Å². The molecule has 1 saturated heterocycles. The van der Waals surface area contributed by atoms with Crippen LogP contribution in [-0.2, 0) is 5.41 Å². The number of piperidine rings is 1. The number of allylic oxidation sites excluding steroid dienone is 2. The van der Waals surface area contributed by atoms with Crippen molar-refractivity contribution in [3.05, 3.63) is 77.2 Å². The molecule has 108 valence electrons. The van der Waals surface area contributed by atoms with Gasteiger partial charge >= 0.3 is 0 Å². The van der Waals surface area contributed by atoms with Gasteiger partial charge in [-0.15, -0.1) is 0 Å². The second kappa shape index (κ2) is 3.86. The fraction of sp³-hybridized carbons (Fsp3) is 0.211. The number of hydrogen-bond donors (Lipinski definition) is 0. The molecule has 5 rings (SSSR count). The number of anilines is 1. The minimum atomic E-state index is -0.234. The first kappa shape index (κ1) is 12.2. The van der Waals surface area contributed by atoms with Gasteiger partial charge in [0.25, 0.3) is 0 Å². The van der Waals surface area contributed by atoms with E-state index in [1.54, 1.807) is 18.2 Å². The van der Waals surface area contributed by atoms with Crippen LogP contribution in [0.15, 0.2) is 60.3 Å². The zero-order valence-electron chi connectivity index (χ0n) is 11.9. The molecule has 2 aliphatic carbocycles. The molecule has 2 fully saturated rings. The van der Waals surface area contributed by atoms with Gasteiger partial charge in [0.1, 0.15) is 5.82 Å². The van der Waals surface area contributed by atoms with Crippen LogP contribution in [0.1, 0.15) is 22.3 Å². The van der Waals surface area contributed by atoms with E-state index in [1.807, 2.05) is 18.2 Å². The molecule has 2 aromatic rings. The van der Waals surface area contributed by atoms with Crippen LogP contribution in [0.25, 0.3) is 0 Å². The van der Waals surface area contributed by atoms with E-state index < -0.39 is 0 Å². The quantitative estimate of drug-likeness (QED) is 0.799. The molecule has 1 aliphatic heterocycles. The number of carbonyl (C=O) groups excluding carboxylic acids is 1. The third-order valence-corrected chi connectivity index (χ3v) is 5.34. The smallest absolute Gasteiger partial charge is 0.187 e. The maximum atomic E-state index is 13.2. The predicted octanol–water partition coefficient (Wildman–Crippen LogP) is 3.68. The molecule has 22 heavy (non-hydrogen) atoms. The molecular weight excluding hydrogens is 277 g/mol. The molecular formula is C19H14FNO. The van der Waals surface area contributed by atoms with Crippen molar-refractivity contribution in [2.45, 2.75) is 11.8 Å². The summed E-state index contributed by atoms with van der Waals surface area (Å²) in [5, 5.41) is 0. The van der Waals surface area contributed by atoms with Gasteiger partial charge in [0.2, 0.25) is 0 Å². The Labute approximate surface area is 127 Å². The zero-order chi connectivity index (χ0) is 14.9. The molecule has 2 aromatic carbocycles. The normalized spacial score (nSPS) is 27.9. The Morgan fingerprint density at radius 2 is 1.86 bits per heavy atom. The number of ketones is 1. The summed E-state index contributed by atoms with van der Waals surface area (Å²) in [6.45, 7) is 0.902. The highest BCUT2D eigenvalue weighted by Crippen LogP contribution is 2.66. The average Bonchev–Trinajstić information content (AvgIpc) is 3.17. The third-order valence-electron chi connectivity index (χ3n) is 5.34. The van der Waals surface area contributed by atoms with Gasteiger partial charge in [-0.25, -0.2) is 4.39 Å². The van der Waals surface area contributed by atoms with E-state index in [9.17, 15) is 9.18 Å². The third kappa shape index (κ3) is 1.36. The first-order valence-corrected chi connectivity index (χ1v) is 7.59. The topological polar surface area (TPSA) is 20.3 Å². The van der Waals surface area contributed by atoms with Crippen LogP contribution in [-0.4, -0.2) is 12.3 Å². The number of carbonyl (C=O) groups is 1. The number of rotatable bonds is 1. The maximum Gasteiger partial charge on any atom is 0.187 e. The number of halogens is 1. The maximum absolute atomic E-state index is 13.2. The monoisotopic (exact) mass is 291 g/mol. The second-order valence-corrected chi connectivity index (χ2v) is 6.40. The lowest BCUT2D eigenvalue weighted by molar-refractivity contribution is 0.104. The van der Waals surface area contributed by atoms with Gasteiger partial charge < -0.3 is 4.90 Å². The zero-order valence-corrected chi connectivity index (χ0v) is 11.9.